The van der Waals surface area contributed by atoms with Gasteiger partial charge in [-0.3, -0.25) is 4.98 Å². The maximum absolute atomic E-state index is 13.0. The fourth-order valence-electron chi connectivity index (χ4n) is 2.35. The first kappa shape index (κ1) is 13.8. The summed E-state index contributed by atoms with van der Waals surface area (Å²) in [5, 5.41) is 3.30. The summed E-state index contributed by atoms with van der Waals surface area (Å²) in [4.78, 5) is 3.80. The van der Waals surface area contributed by atoms with Crippen molar-refractivity contribution in [3.63, 3.8) is 0 Å². The van der Waals surface area contributed by atoms with Gasteiger partial charge in [0.25, 0.3) is 0 Å². The lowest BCUT2D eigenvalue weighted by molar-refractivity contribution is 0.305. The molecule has 1 aliphatic rings. The van der Waals surface area contributed by atoms with Crippen molar-refractivity contribution in [1.82, 2.24) is 10.3 Å². The van der Waals surface area contributed by atoms with Crippen molar-refractivity contribution in [3.8, 4) is 5.75 Å². The Kier molecular flexibility index (Phi) is 4.26. The summed E-state index contributed by atoms with van der Waals surface area (Å²) in [6.07, 6.45) is 6.06. The minimum Gasteiger partial charge on any atom is -0.489 e. The number of nitrogens with zero attached hydrogens (tertiary/aromatic N) is 1. The number of hydrogen-bond donors (Lipinski definition) is 1. The molecular weight excluding hydrogens is 267 g/mol. The number of halogens is 1. The summed E-state index contributed by atoms with van der Waals surface area (Å²) in [7, 11) is 0. The van der Waals surface area contributed by atoms with Crippen LogP contribution in [0, 0.1) is 5.82 Å². The number of benzene rings is 1. The van der Waals surface area contributed by atoms with E-state index in [0.29, 0.717) is 6.61 Å². The maximum atomic E-state index is 13.0. The van der Waals surface area contributed by atoms with Crippen LogP contribution < -0.4 is 10.1 Å². The van der Waals surface area contributed by atoms with Crippen LogP contribution in [0.1, 0.15) is 17.5 Å². The van der Waals surface area contributed by atoms with Gasteiger partial charge < -0.3 is 10.1 Å². The number of hydrogen-bond acceptors (Lipinski definition) is 3. The second kappa shape index (κ2) is 6.50. The molecule has 0 saturated heterocycles. The number of ether oxygens (including phenoxy) is 1. The zero-order chi connectivity index (χ0) is 14.5. The number of rotatable bonds is 4. The van der Waals surface area contributed by atoms with Gasteiger partial charge in [0.15, 0.2) is 0 Å². The van der Waals surface area contributed by atoms with E-state index in [-0.39, 0.29) is 5.82 Å². The SMILES string of the molecule is Fc1cncc(COc2ccc(C3=CCNCC3)cc2)c1. The molecule has 21 heavy (non-hydrogen) atoms. The lowest BCUT2D eigenvalue weighted by atomic mass is 10.0. The van der Waals surface area contributed by atoms with E-state index >= 15 is 0 Å². The van der Waals surface area contributed by atoms with Crippen LogP contribution >= 0.6 is 0 Å². The van der Waals surface area contributed by atoms with Gasteiger partial charge in [0.2, 0.25) is 0 Å². The lowest BCUT2D eigenvalue weighted by Gasteiger charge is -2.14. The summed E-state index contributed by atoms with van der Waals surface area (Å²) in [5.74, 6) is 0.432. The molecule has 0 aliphatic carbocycles. The van der Waals surface area contributed by atoms with E-state index in [1.54, 1.807) is 6.20 Å². The fourth-order valence-corrected chi connectivity index (χ4v) is 2.35. The highest BCUT2D eigenvalue weighted by atomic mass is 19.1. The fraction of sp³-hybridized carbons (Fsp3) is 0.235. The lowest BCUT2D eigenvalue weighted by Crippen LogP contribution is -2.19. The summed E-state index contributed by atoms with van der Waals surface area (Å²) in [5.41, 5.74) is 3.33. The van der Waals surface area contributed by atoms with Crippen molar-refractivity contribution >= 4 is 5.57 Å². The van der Waals surface area contributed by atoms with E-state index in [9.17, 15) is 4.39 Å². The van der Waals surface area contributed by atoms with Gasteiger partial charge in [0.05, 0.1) is 6.20 Å². The first-order valence-corrected chi connectivity index (χ1v) is 7.04. The van der Waals surface area contributed by atoms with Crippen molar-refractivity contribution in [2.75, 3.05) is 13.1 Å². The molecule has 0 atom stereocenters. The molecule has 0 bridgehead atoms. The van der Waals surface area contributed by atoms with Crippen molar-refractivity contribution in [3.05, 3.63) is 65.7 Å². The summed E-state index contributed by atoms with van der Waals surface area (Å²) in [6, 6.07) is 9.46. The highest BCUT2D eigenvalue weighted by Crippen LogP contribution is 2.22. The van der Waals surface area contributed by atoms with Gasteiger partial charge >= 0.3 is 0 Å². The number of pyridine rings is 1. The molecule has 1 aromatic heterocycles. The van der Waals surface area contributed by atoms with E-state index in [4.69, 9.17) is 4.74 Å². The molecule has 0 spiro atoms. The van der Waals surface area contributed by atoms with E-state index in [2.05, 4.69) is 28.5 Å². The van der Waals surface area contributed by atoms with Crippen LogP contribution in [0.25, 0.3) is 5.57 Å². The van der Waals surface area contributed by atoms with E-state index < -0.39 is 0 Å². The maximum Gasteiger partial charge on any atom is 0.141 e. The molecule has 108 valence electrons. The van der Waals surface area contributed by atoms with Gasteiger partial charge in [-0.25, -0.2) is 4.39 Å². The molecule has 1 aliphatic heterocycles. The van der Waals surface area contributed by atoms with Crippen LogP contribution in [0.2, 0.25) is 0 Å². The normalized spacial score (nSPS) is 14.6. The molecule has 3 nitrogen and oxygen atoms in total. The zero-order valence-corrected chi connectivity index (χ0v) is 11.7. The standard InChI is InChI=1S/C17H17FN2O/c18-16-9-13(10-20-11-16)12-21-17-3-1-14(2-4-17)15-5-7-19-8-6-15/h1-5,9-11,19H,6-8,12H2. The van der Waals surface area contributed by atoms with Crippen LogP contribution in [-0.4, -0.2) is 18.1 Å². The Morgan fingerprint density at radius 3 is 2.76 bits per heavy atom. The molecule has 3 rings (SSSR count). The minimum absolute atomic E-state index is 0.316. The predicted molar refractivity (Wildman–Crippen MR) is 80.4 cm³/mol. The summed E-state index contributed by atoms with van der Waals surface area (Å²) >= 11 is 0. The molecular formula is C17H17FN2O. The smallest absolute Gasteiger partial charge is 0.141 e. The Morgan fingerprint density at radius 2 is 2.05 bits per heavy atom. The Bertz CT molecular complexity index is 637. The van der Waals surface area contributed by atoms with Gasteiger partial charge in [0, 0.05) is 18.3 Å². The zero-order valence-electron chi connectivity index (χ0n) is 11.7. The summed E-state index contributed by atoms with van der Waals surface area (Å²) < 4.78 is 18.7. The molecule has 0 unspecified atom stereocenters. The molecule has 4 heteroatoms. The van der Waals surface area contributed by atoms with Gasteiger partial charge in [-0.2, -0.15) is 0 Å². The van der Waals surface area contributed by atoms with Crippen LogP contribution in [-0.2, 0) is 6.61 Å². The van der Waals surface area contributed by atoms with E-state index in [0.717, 1.165) is 30.8 Å². The molecule has 1 aromatic carbocycles. The Morgan fingerprint density at radius 1 is 1.19 bits per heavy atom. The van der Waals surface area contributed by atoms with Crippen molar-refractivity contribution in [1.29, 1.82) is 0 Å². The molecule has 2 aromatic rings. The average Bonchev–Trinajstić information content (AvgIpc) is 2.54. The van der Waals surface area contributed by atoms with E-state index in [1.165, 1.54) is 23.4 Å². The molecule has 0 saturated carbocycles. The van der Waals surface area contributed by atoms with E-state index in [1.807, 2.05) is 12.1 Å². The highest BCUT2D eigenvalue weighted by Gasteiger charge is 2.06. The topological polar surface area (TPSA) is 34.1 Å². The molecule has 0 amide bonds. The largest absolute Gasteiger partial charge is 0.489 e. The molecule has 0 radical (unpaired) electrons. The highest BCUT2D eigenvalue weighted by molar-refractivity contribution is 5.67. The third kappa shape index (κ3) is 3.67. The monoisotopic (exact) mass is 284 g/mol. The third-order valence-corrected chi connectivity index (χ3v) is 3.46. The Balaban J connectivity index is 1.63. The third-order valence-electron chi connectivity index (χ3n) is 3.46. The van der Waals surface area contributed by atoms with Crippen molar-refractivity contribution < 1.29 is 9.13 Å². The van der Waals surface area contributed by atoms with Crippen molar-refractivity contribution in [2.45, 2.75) is 13.0 Å². The van der Waals surface area contributed by atoms with Crippen LogP contribution in [0.3, 0.4) is 0 Å². The second-order valence-electron chi connectivity index (χ2n) is 5.01. The number of nitrogens with one attached hydrogen (secondary N) is 1. The Hall–Kier alpha value is -2.20. The van der Waals surface area contributed by atoms with Gasteiger partial charge in [-0.05, 0) is 42.3 Å². The summed E-state index contributed by atoms with van der Waals surface area (Å²) in [6.45, 7) is 2.27. The molecule has 0 fully saturated rings. The van der Waals surface area contributed by atoms with Crippen molar-refractivity contribution in [2.24, 2.45) is 0 Å². The quantitative estimate of drug-likeness (QED) is 0.936. The molecule has 1 N–H and O–H groups in total. The predicted octanol–water partition coefficient (Wildman–Crippen LogP) is 3.18. The second-order valence-corrected chi connectivity index (χ2v) is 5.01. The Labute approximate surface area is 123 Å². The van der Waals surface area contributed by atoms with Gasteiger partial charge in [0.1, 0.15) is 18.2 Å². The van der Waals surface area contributed by atoms with Crippen LogP contribution in [0.5, 0.6) is 5.75 Å². The molecule has 2 heterocycles. The van der Waals surface area contributed by atoms with Gasteiger partial charge in [-0.15, -0.1) is 0 Å². The van der Waals surface area contributed by atoms with Crippen LogP contribution in [0.15, 0.2) is 48.8 Å². The average molecular weight is 284 g/mol. The van der Waals surface area contributed by atoms with Crippen LogP contribution in [0.4, 0.5) is 4.39 Å². The first-order chi connectivity index (χ1) is 10.3. The van der Waals surface area contributed by atoms with Gasteiger partial charge in [-0.1, -0.05) is 18.2 Å². The first-order valence-electron chi connectivity index (χ1n) is 7.04. The number of aromatic nitrogens is 1. The minimum atomic E-state index is -0.343.